The van der Waals surface area contributed by atoms with Crippen LogP contribution in [0.2, 0.25) is 0 Å². The number of nitrogens with one attached hydrogen (secondary N) is 2. The van der Waals surface area contributed by atoms with Crippen molar-refractivity contribution in [2.75, 3.05) is 6.54 Å². The number of hydrogen-bond donors (Lipinski definition) is 2. The molecule has 1 heterocycles. The molecular formula is C15H22N4OS. The predicted molar refractivity (Wildman–Crippen MR) is 85.9 cm³/mol. The Labute approximate surface area is 129 Å². The Balaban J connectivity index is 2.16. The van der Waals surface area contributed by atoms with E-state index in [0.29, 0.717) is 11.2 Å². The highest BCUT2D eigenvalue weighted by Crippen LogP contribution is 2.27. The molecule has 0 amide bonds. The minimum Gasteiger partial charge on any atom is -0.310 e. The molecule has 1 aromatic heterocycles. The molecule has 2 aromatic rings. The standard InChI is InChI=1S/C15H22N4OS/c1-5-16-11(4)12-6-8-13(9-7-12)21-15-18-17-14(20)19(15)10(2)3/h6-11,16H,5H2,1-4H3,(H,17,20). The fraction of sp³-hybridized carbons (Fsp3) is 0.467. The Morgan fingerprint density at radius 1 is 1.29 bits per heavy atom. The third-order valence-corrected chi connectivity index (χ3v) is 4.27. The van der Waals surface area contributed by atoms with E-state index in [9.17, 15) is 4.79 Å². The number of nitrogens with zero attached hydrogens (tertiary/aromatic N) is 2. The van der Waals surface area contributed by atoms with Crippen molar-refractivity contribution in [3.63, 3.8) is 0 Å². The summed E-state index contributed by atoms with van der Waals surface area (Å²) >= 11 is 1.50. The summed E-state index contributed by atoms with van der Waals surface area (Å²) in [7, 11) is 0. The normalized spacial score (nSPS) is 12.8. The van der Waals surface area contributed by atoms with Gasteiger partial charge >= 0.3 is 5.69 Å². The lowest BCUT2D eigenvalue weighted by molar-refractivity contribution is 0.534. The van der Waals surface area contributed by atoms with E-state index in [2.05, 4.69) is 53.6 Å². The van der Waals surface area contributed by atoms with Gasteiger partial charge < -0.3 is 5.32 Å². The molecule has 2 N–H and O–H groups in total. The van der Waals surface area contributed by atoms with Gasteiger partial charge in [0.2, 0.25) is 0 Å². The van der Waals surface area contributed by atoms with Gasteiger partial charge in [-0.15, -0.1) is 5.10 Å². The zero-order chi connectivity index (χ0) is 15.4. The molecule has 6 heteroatoms. The third-order valence-electron chi connectivity index (χ3n) is 3.29. The highest BCUT2D eigenvalue weighted by Gasteiger charge is 2.12. The van der Waals surface area contributed by atoms with E-state index in [1.807, 2.05) is 13.8 Å². The molecule has 5 nitrogen and oxygen atoms in total. The van der Waals surface area contributed by atoms with Crippen molar-refractivity contribution in [3.05, 3.63) is 40.3 Å². The molecule has 0 aliphatic rings. The Hall–Kier alpha value is -1.53. The highest BCUT2D eigenvalue weighted by atomic mass is 32.2. The first-order chi connectivity index (χ1) is 10.0. The van der Waals surface area contributed by atoms with Gasteiger partial charge in [-0.25, -0.2) is 9.89 Å². The van der Waals surface area contributed by atoms with Gasteiger partial charge in [0.05, 0.1) is 0 Å². The lowest BCUT2D eigenvalue weighted by Gasteiger charge is -2.13. The molecule has 0 radical (unpaired) electrons. The van der Waals surface area contributed by atoms with Crippen molar-refractivity contribution in [2.45, 2.75) is 49.8 Å². The molecule has 0 aliphatic carbocycles. The number of aromatic nitrogens is 3. The Kier molecular flexibility index (Phi) is 5.25. The molecule has 0 saturated heterocycles. The Bertz CT molecular complexity index is 630. The van der Waals surface area contributed by atoms with E-state index in [1.165, 1.54) is 17.3 Å². The molecule has 21 heavy (non-hydrogen) atoms. The topological polar surface area (TPSA) is 62.7 Å². The van der Waals surface area contributed by atoms with Gasteiger partial charge in [0, 0.05) is 17.0 Å². The minimum absolute atomic E-state index is 0.0896. The molecule has 1 atom stereocenters. The van der Waals surface area contributed by atoms with Gasteiger partial charge in [-0.05, 0) is 56.8 Å². The maximum absolute atomic E-state index is 11.7. The zero-order valence-electron chi connectivity index (χ0n) is 12.9. The Morgan fingerprint density at radius 2 is 1.95 bits per heavy atom. The molecule has 0 saturated carbocycles. The van der Waals surface area contributed by atoms with Gasteiger partial charge in [-0.3, -0.25) is 4.57 Å². The van der Waals surface area contributed by atoms with Crippen LogP contribution in [0.3, 0.4) is 0 Å². The average Bonchev–Trinajstić information content (AvgIpc) is 2.81. The summed E-state index contributed by atoms with van der Waals surface area (Å²) in [4.78, 5) is 12.8. The maximum atomic E-state index is 11.7. The van der Waals surface area contributed by atoms with Crippen LogP contribution in [0.1, 0.15) is 45.3 Å². The molecule has 1 unspecified atom stereocenters. The number of benzene rings is 1. The molecular weight excluding hydrogens is 284 g/mol. The molecule has 0 bridgehead atoms. The van der Waals surface area contributed by atoms with Crippen LogP contribution in [0.25, 0.3) is 0 Å². The van der Waals surface area contributed by atoms with Crippen molar-refractivity contribution < 1.29 is 0 Å². The number of H-pyrrole nitrogens is 1. The molecule has 114 valence electrons. The van der Waals surface area contributed by atoms with Crippen molar-refractivity contribution in [1.29, 1.82) is 0 Å². The number of hydrogen-bond acceptors (Lipinski definition) is 4. The summed E-state index contributed by atoms with van der Waals surface area (Å²) in [6.45, 7) is 9.15. The molecule has 0 spiro atoms. The first-order valence-electron chi connectivity index (χ1n) is 7.21. The highest BCUT2D eigenvalue weighted by molar-refractivity contribution is 7.99. The molecule has 0 fully saturated rings. The summed E-state index contributed by atoms with van der Waals surface area (Å²) in [6, 6.07) is 8.79. The van der Waals surface area contributed by atoms with Crippen molar-refractivity contribution in [3.8, 4) is 0 Å². The van der Waals surface area contributed by atoms with Gasteiger partial charge in [0.1, 0.15) is 0 Å². The van der Waals surface area contributed by atoms with Crippen LogP contribution in [-0.2, 0) is 0 Å². The second kappa shape index (κ2) is 6.95. The van der Waals surface area contributed by atoms with Gasteiger partial charge in [0.25, 0.3) is 0 Å². The van der Waals surface area contributed by atoms with E-state index in [0.717, 1.165) is 11.4 Å². The summed E-state index contributed by atoms with van der Waals surface area (Å²) in [5, 5.41) is 10.7. The Morgan fingerprint density at radius 3 is 2.52 bits per heavy atom. The van der Waals surface area contributed by atoms with E-state index < -0.39 is 0 Å². The first-order valence-corrected chi connectivity index (χ1v) is 8.02. The predicted octanol–water partition coefficient (Wildman–Crippen LogP) is 2.97. The second-order valence-corrected chi connectivity index (χ2v) is 6.27. The summed E-state index contributed by atoms with van der Waals surface area (Å²) in [6.07, 6.45) is 0. The van der Waals surface area contributed by atoms with E-state index in [4.69, 9.17) is 0 Å². The fourth-order valence-corrected chi connectivity index (χ4v) is 3.14. The largest absolute Gasteiger partial charge is 0.344 e. The van der Waals surface area contributed by atoms with Gasteiger partial charge in [0.15, 0.2) is 5.16 Å². The average molecular weight is 306 g/mol. The van der Waals surface area contributed by atoms with Crippen molar-refractivity contribution >= 4 is 11.8 Å². The lowest BCUT2D eigenvalue weighted by Crippen LogP contribution is -2.19. The van der Waals surface area contributed by atoms with Crippen LogP contribution >= 0.6 is 11.8 Å². The van der Waals surface area contributed by atoms with Crippen LogP contribution in [0.4, 0.5) is 0 Å². The zero-order valence-corrected chi connectivity index (χ0v) is 13.7. The minimum atomic E-state index is -0.162. The summed E-state index contributed by atoms with van der Waals surface area (Å²) in [5.41, 5.74) is 1.09. The lowest BCUT2D eigenvalue weighted by atomic mass is 10.1. The molecule has 1 aromatic carbocycles. The first kappa shape index (κ1) is 15.9. The van der Waals surface area contributed by atoms with Crippen molar-refractivity contribution in [2.24, 2.45) is 0 Å². The van der Waals surface area contributed by atoms with Crippen LogP contribution in [0.5, 0.6) is 0 Å². The van der Waals surface area contributed by atoms with Crippen molar-refractivity contribution in [1.82, 2.24) is 20.1 Å². The van der Waals surface area contributed by atoms with Gasteiger partial charge in [-0.1, -0.05) is 19.1 Å². The fourth-order valence-electron chi connectivity index (χ4n) is 2.17. The van der Waals surface area contributed by atoms with Crippen LogP contribution in [-0.4, -0.2) is 21.3 Å². The van der Waals surface area contributed by atoms with E-state index >= 15 is 0 Å². The SMILES string of the molecule is CCNC(C)c1ccc(Sc2n[nH]c(=O)n2C(C)C)cc1. The number of aromatic amines is 1. The maximum Gasteiger partial charge on any atom is 0.344 e. The number of rotatable bonds is 6. The quantitative estimate of drug-likeness (QED) is 0.861. The van der Waals surface area contributed by atoms with Gasteiger partial charge in [-0.2, -0.15) is 0 Å². The van der Waals surface area contributed by atoms with Crippen LogP contribution < -0.4 is 11.0 Å². The second-order valence-electron chi connectivity index (χ2n) is 5.23. The molecule has 2 rings (SSSR count). The van der Waals surface area contributed by atoms with E-state index in [-0.39, 0.29) is 11.7 Å². The molecule has 0 aliphatic heterocycles. The summed E-state index contributed by atoms with van der Waals surface area (Å²) in [5.74, 6) is 0. The van der Waals surface area contributed by atoms with E-state index in [1.54, 1.807) is 4.57 Å². The van der Waals surface area contributed by atoms with Crippen LogP contribution in [0, 0.1) is 0 Å². The third kappa shape index (κ3) is 3.77. The smallest absolute Gasteiger partial charge is 0.310 e. The summed E-state index contributed by atoms with van der Waals surface area (Å²) < 4.78 is 1.67. The van der Waals surface area contributed by atoms with Crippen LogP contribution in [0.15, 0.2) is 39.1 Å². The monoisotopic (exact) mass is 306 g/mol.